The molecule has 0 saturated carbocycles. The molecular weight excluding hydrogens is 443 g/mol. The average Bonchev–Trinajstić information content (AvgIpc) is 3.19. The molecule has 0 spiro atoms. The van der Waals surface area contributed by atoms with Crippen LogP contribution in [0.25, 0.3) is 0 Å². The maximum Gasteiger partial charge on any atom is 0.335 e. The zero-order chi connectivity index (χ0) is 23.4. The van der Waals surface area contributed by atoms with Crippen molar-refractivity contribution in [3.05, 3.63) is 94.6 Å². The first-order chi connectivity index (χ1) is 16.0. The largest absolute Gasteiger partial charge is 0.478 e. The molecule has 8 heteroatoms. The van der Waals surface area contributed by atoms with Crippen LogP contribution in [0.4, 0.5) is 10.1 Å². The van der Waals surface area contributed by atoms with Crippen LogP contribution in [0, 0.1) is 12.7 Å². The van der Waals surface area contributed by atoms with Gasteiger partial charge >= 0.3 is 5.97 Å². The molecule has 1 aromatic heterocycles. The van der Waals surface area contributed by atoms with Crippen LogP contribution in [0.3, 0.4) is 0 Å². The highest BCUT2D eigenvalue weighted by Gasteiger charge is 2.35. The second-order valence-electron chi connectivity index (χ2n) is 7.64. The Labute approximate surface area is 195 Å². The molecule has 3 aromatic rings. The maximum absolute atomic E-state index is 13.4. The van der Waals surface area contributed by atoms with E-state index in [1.54, 1.807) is 29.3 Å². The van der Waals surface area contributed by atoms with E-state index in [1.165, 1.54) is 30.0 Å². The molecule has 1 unspecified atom stereocenters. The third-order valence-electron chi connectivity index (χ3n) is 5.56. The van der Waals surface area contributed by atoms with Crippen LogP contribution in [-0.2, 0) is 22.6 Å². The number of carboxylic acid groups (broad SMARTS) is 1. The Morgan fingerprint density at radius 3 is 2.70 bits per heavy atom. The van der Waals surface area contributed by atoms with E-state index in [-0.39, 0.29) is 22.7 Å². The molecule has 2 heterocycles. The number of anilines is 1. The number of amides is 1. The van der Waals surface area contributed by atoms with Crippen LogP contribution in [-0.4, -0.2) is 34.3 Å². The first kappa shape index (κ1) is 22.9. The Morgan fingerprint density at radius 2 is 2.00 bits per heavy atom. The fourth-order valence-electron chi connectivity index (χ4n) is 3.92. The van der Waals surface area contributed by atoms with Gasteiger partial charge in [-0.15, -0.1) is 11.8 Å². The van der Waals surface area contributed by atoms with Gasteiger partial charge in [0.2, 0.25) is 5.91 Å². The third-order valence-corrected chi connectivity index (χ3v) is 6.77. The number of aromatic carboxylic acids is 1. The number of hydrogen-bond acceptors (Lipinski definition) is 5. The first-order valence-corrected chi connectivity index (χ1v) is 11.5. The van der Waals surface area contributed by atoms with Crippen molar-refractivity contribution in [1.29, 1.82) is 0 Å². The summed E-state index contributed by atoms with van der Waals surface area (Å²) in [6.45, 7) is 2.47. The molecule has 170 valence electrons. The summed E-state index contributed by atoms with van der Waals surface area (Å²) in [5.41, 5.74) is 3.81. The van der Waals surface area contributed by atoms with E-state index in [0.29, 0.717) is 36.6 Å². The fourth-order valence-corrected chi connectivity index (χ4v) is 5.09. The molecule has 1 aliphatic rings. The summed E-state index contributed by atoms with van der Waals surface area (Å²) in [6.07, 6.45) is 2.07. The number of ether oxygens (including phenoxy) is 1. The molecule has 0 bridgehead atoms. The first-order valence-electron chi connectivity index (χ1n) is 10.5. The number of hydrogen-bond donors (Lipinski definition) is 1. The third kappa shape index (κ3) is 5.07. The smallest absolute Gasteiger partial charge is 0.335 e. The lowest BCUT2D eigenvalue weighted by molar-refractivity contribution is -0.115. The standard InChI is InChI=1S/C25H23FN2O4S/c1-16-20(11-13-32-14-19-4-2-3-12-27-19)21(25(30)31)9-10-22(16)28-23(29)15-33-24(28)17-5-7-18(26)8-6-17/h2-10,12,24H,11,13-15H2,1H3,(H,30,31). The lowest BCUT2D eigenvalue weighted by Gasteiger charge is -2.27. The van der Waals surface area contributed by atoms with Crippen LogP contribution in [0.5, 0.6) is 0 Å². The van der Waals surface area contributed by atoms with Gasteiger partial charge in [-0.1, -0.05) is 18.2 Å². The van der Waals surface area contributed by atoms with E-state index in [0.717, 1.165) is 16.8 Å². The number of rotatable bonds is 8. The summed E-state index contributed by atoms with van der Waals surface area (Å²) in [5.74, 6) is -1.14. The molecule has 1 saturated heterocycles. The molecule has 4 rings (SSSR count). The highest BCUT2D eigenvalue weighted by molar-refractivity contribution is 8.00. The number of carbonyl (C=O) groups excluding carboxylic acids is 1. The van der Waals surface area contributed by atoms with Crippen LogP contribution >= 0.6 is 11.8 Å². The molecule has 1 atom stereocenters. The van der Waals surface area contributed by atoms with Gasteiger partial charge in [0.05, 0.1) is 30.2 Å². The van der Waals surface area contributed by atoms with Gasteiger partial charge in [0.25, 0.3) is 0 Å². The number of halogens is 1. The van der Waals surface area contributed by atoms with Gasteiger partial charge in [-0.25, -0.2) is 9.18 Å². The van der Waals surface area contributed by atoms with E-state index in [9.17, 15) is 19.1 Å². The minimum absolute atomic E-state index is 0.0714. The van der Waals surface area contributed by atoms with Gasteiger partial charge in [0.15, 0.2) is 0 Å². The van der Waals surface area contributed by atoms with E-state index in [1.807, 2.05) is 25.1 Å². The molecule has 33 heavy (non-hydrogen) atoms. The van der Waals surface area contributed by atoms with Gasteiger partial charge in [0, 0.05) is 11.9 Å². The predicted molar refractivity (Wildman–Crippen MR) is 125 cm³/mol. The Morgan fingerprint density at radius 1 is 1.21 bits per heavy atom. The topological polar surface area (TPSA) is 79.7 Å². The van der Waals surface area contributed by atoms with Crippen molar-refractivity contribution in [2.24, 2.45) is 0 Å². The maximum atomic E-state index is 13.4. The molecule has 0 radical (unpaired) electrons. The Bertz CT molecular complexity index is 1160. The number of carboxylic acids is 1. The lowest BCUT2D eigenvalue weighted by Crippen LogP contribution is -2.29. The van der Waals surface area contributed by atoms with Crippen LogP contribution in [0.15, 0.2) is 60.8 Å². The second kappa shape index (κ2) is 10.1. The van der Waals surface area contributed by atoms with Gasteiger partial charge < -0.3 is 9.84 Å². The highest BCUT2D eigenvalue weighted by atomic mass is 32.2. The predicted octanol–water partition coefficient (Wildman–Crippen LogP) is 4.77. The van der Waals surface area contributed by atoms with E-state index in [2.05, 4.69) is 4.98 Å². The molecule has 1 aliphatic heterocycles. The number of thioether (sulfide) groups is 1. The highest BCUT2D eigenvalue weighted by Crippen LogP contribution is 2.43. The molecule has 1 fully saturated rings. The van der Waals surface area contributed by atoms with Crippen LogP contribution in [0.2, 0.25) is 0 Å². The van der Waals surface area contributed by atoms with Crippen molar-refractivity contribution < 1.29 is 23.8 Å². The summed E-state index contributed by atoms with van der Waals surface area (Å²) in [5, 5.41) is 9.41. The minimum atomic E-state index is -1.03. The second-order valence-corrected chi connectivity index (χ2v) is 8.71. The van der Waals surface area contributed by atoms with Crippen LogP contribution in [0.1, 0.15) is 38.1 Å². The van der Waals surface area contributed by atoms with Crippen molar-refractivity contribution in [2.75, 3.05) is 17.3 Å². The average molecular weight is 467 g/mol. The number of nitrogens with zero attached hydrogens (tertiary/aromatic N) is 2. The van der Waals surface area contributed by atoms with E-state index < -0.39 is 5.97 Å². The van der Waals surface area contributed by atoms with Gasteiger partial charge in [-0.3, -0.25) is 14.7 Å². The molecule has 6 nitrogen and oxygen atoms in total. The molecular formula is C25H23FN2O4S. The Balaban J connectivity index is 1.59. The van der Waals surface area contributed by atoms with Gasteiger partial charge in [-0.2, -0.15) is 0 Å². The number of pyridine rings is 1. The lowest BCUT2D eigenvalue weighted by atomic mass is 9.96. The van der Waals surface area contributed by atoms with Crippen molar-refractivity contribution in [2.45, 2.75) is 25.3 Å². The fraction of sp³-hybridized carbons (Fsp3) is 0.240. The van der Waals surface area contributed by atoms with E-state index in [4.69, 9.17) is 4.74 Å². The van der Waals surface area contributed by atoms with E-state index >= 15 is 0 Å². The van der Waals surface area contributed by atoms with Crippen LogP contribution < -0.4 is 4.90 Å². The monoisotopic (exact) mass is 466 g/mol. The summed E-state index contributed by atoms with van der Waals surface area (Å²) in [6, 6.07) is 14.9. The molecule has 1 N–H and O–H groups in total. The number of benzene rings is 2. The summed E-state index contributed by atoms with van der Waals surface area (Å²) in [7, 11) is 0. The van der Waals surface area contributed by atoms with Gasteiger partial charge in [-0.05, 0) is 66.4 Å². The van der Waals surface area contributed by atoms with Gasteiger partial charge in [0.1, 0.15) is 11.2 Å². The van der Waals surface area contributed by atoms with Crippen molar-refractivity contribution in [1.82, 2.24) is 4.98 Å². The minimum Gasteiger partial charge on any atom is -0.478 e. The molecule has 1 amide bonds. The molecule has 0 aliphatic carbocycles. The Hall–Kier alpha value is -3.23. The number of carbonyl (C=O) groups is 2. The quantitative estimate of drug-likeness (QED) is 0.482. The summed E-state index contributed by atoms with van der Waals surface area (Å²) in [4.78, 5) is 30.6. The molecule has 2 aromatic carbocycles. The number of aromatic nitrogens is 1. The van der Waals surface area contributed by atoms with Crippen molar-refractivity contribution in [3.8, 4) is 0 Å². The zero-order valence-electron chi connectivity index (χ0n) is 18.0. The summed E-state index contributed by atoms with van der Waals surface area (Å²) < 4.78 is 19.1. The zero-order valence-corrected chi connectivity index (χ0v) is 18.8. The van der Waals surface area contributed by atoms with Crippen molar-refractivity contribution in [3.63, 3.8) is 0 Å². The SMILES string of the molecule is Cc1c(N2C(=O)CSC2c2ccc(F)cc2)ccc(C(=O)O)c1CCOCc1ccccn1. The summed E-state index contributed by atoms with van der Waals surface area (Å²) >= 11 is 1.46. The van der Waals surface area contributed by atoms with Crippen molar-refractivity contribution >= 4 is 29.3 Å². The normalized spacial score (nSPS) is 15.8. The Kier molecular flexibility index (Phi) is 7.05.